The standard InChI is InChI=1S/C21H31FN4O2.HI/c1-21(2,16-7-4-5-8-17(16)22)15-24-20(23-3)26-12-10-25(11-13-26)19(27)18-9-6-14-28-18;/h4-5,7-8,18H,6,9-15H2,1-3H3,(H,23,24);1H. The zero-order valence-electron chi connectivity index (χ0n) is 17.5. The van der Waals surface area contributed by atoms with E-state index in [1.165, 1.54) is 6.07 Å². The summed E-state index contributed by atoms with van der Waals surface area (Å²) >= 11 is 0. The molecule has 1 atom stereocenters. The highest BCUT2D eigenvalue weighted by Crippen LogP contribution is 2.25. The van der Waals surface area contributed by atoms with Crippen LogP contribution < -0.4 is 5.32 Å². The minimum Gasteiger partial charge on any atom is -0.368 e. The maximum Gasteiger partial charge on any atom is 0.251 e. The Kier molecular flexibility index (Phi) is 8.69. The molecule has 1 unspecified atom stereocenters. The van der Waals surface area contributed by atoms with Crippen molar-refractivity contribution in [2.75, 3.05) is 46.4 Å². The Bertz CT molecular complexity index is 714. The Balaban J connectivity index is 0.00000300. The van der Waals surface area contributed by atoms with Crippen LogP contribution in [0, 0.1) is 5.82 Å². The number of nitrogens with one attached hydrogen (secondary N) is 1. The molecular weight excluding hydrogens is 486 g/mol. The fourth-order valence-corrected chi connectivity index (χ4v) is 3.85. The van der Waals surface area contributed by atoms with Crippen LogP contribution in [0.25, 0.3) is 0 Å². The Morgan fingerprint density at radius 3 is 2.48 bits per heavy atom. The van der Waals surface area contributed by atoms with Gasteiger partial charge in [0.25, 0.3) is 5.91 Å². The molecular formula is C21H32FIN4O2. The molecule has 0 spiro atoms. The molecule has 2 aliphatic heterocycles. The number of benzene rings is 1. The number of carbonyl (C=O) groups excluding carboxylic acids is 1. The summed E-state index contributed by atoms with van der Waals surface area (Å²) in [5.41, 5.74) is 0.309. The molecule has 29 heavy (non-hydrogen) atoms. The average Bonchev–Trinajstić information content (AvgIpc) is 3.23. The van der Waals surface area contributed by atoms with Crippen molar-refractivity contribution >= 4 is 35.8 Å². The van der Waals surface area contributed by atoms with E-state index in [0.29, 0.717) is 31.8 Å². The van der Waals surface area contributed by atoms with E-state index in [4.69, 9.17) is 4.74 Å². The quantitative estimate of drug-likeness (QED) is 0.379. The van der Waals surface area contributed by atoms with Crippen LogP contribution in [0.5, 0.6) is 0 Å². The molecule has 6 nitrogen and oxygen atoms in total. The highest BCUT2D eigenvalue weighted by atomic mass is 127. The van der Waals surface area contributed by atoms with Crippen LogP contribution in [0.15, 0.2) is 29.3 Å². The van der Waals surface area contributed by atoms with Crippen molar-refractivity contribution < 1.29 is 13.9 Å². The van der Waals surface area contributed by atoms with Crippen LogP contribution in [0.1, 0.15) is 32.3 Å². The molecule has 2 heterocycles. The highest BCUT2D eigenvalue weighted by Gasteiger charge is 2.31. The summed E-state index contributed by atoms with van der Waals surface area (Å²) in [7, 11) is 1.75. The second kappa shape index (κ2) is 10.6. The monoisotopic (exact) mass is 518 g/mol. The summed E-state index contributed by atoms with van der Waals surface area (Å²) in [6.07, 6.45) is 1.53. The molecule has 0 aromatic heterocycles. The summed E-state index contributed by atoms with van der Waals surface area (Å²) in [5, 5.41) is 3.39. The molecule has 0 saturated carbocycles. The van der Waals surface area contributed by atoms with Gasteiger partial charge in [-0.3, -0.25) is 9.79 Å². The number of piperazine rings is 1. The van der Waals surface area contributed by atoms with Crippen molar-refractivity contribution in [3.8, 4) is 0 Å². The second-order valence-corrected chi connectivity index (χ2v) is 8.08. The number of nitrogens with zero attached hydrogens (tertiary/aromatic N) is 3. The molecule has 8 heteroatoms. The van der Waals surface area contributed by atoms with E-state index in [1.54, 1.807) is 13.1 Å². The number of amides is 1. The predicted octanol–water partition coefficient (Wildman–Crippen LogP) is 2.62. The number of ether oxygens (including phenoxy) is 1. The zero-order valence-corrected chi connectivity index (χ0v) is 19.8. The highest BCUT2D eigenvalue weighted by molar-refractivity contribution is 14.0. The molecule has 1 aromatic rings. The first-order chi connectivity index (χ1) is 13.4. The summed E-state index contributed by atoms with van der Waals surface area (Å²) in [4.78, 5) is 20.9. The van der Waals surface area contributed by atoms with Gasteiger partial charge < -0.3 is 19.9 Å². The lowest BCUT2D eigenvalue weighted by atomic mass is 9.84. The summed E-state index contributed by atoms with van der Waals surface area (Å²) in [6.45, 7) is 8.05. The fraction of sp³-hybridized carbons (Fsp3) is 0.619. The molecule has 3 rings (SSSR count). The molecule has 2 aliphatic rings. The van der Waals surface area contributed by atoms with Crippen molar-refractivity contribution in [3.05, 3.63) is 35.6 Å². The topological polar surface area (TPSA) is 57.2 Å². The molecule has 1 aromatic carbocycles. The van der Waals surface area contributed by atoms with Gasteiger partial charge in [0, 0.05) is 51.8 Å². The van der Waals surface area contributed by atoms with Gasteiger partial charge in [0.2, 0.25) is 0 Å². The largest absolute Gasteiger partial charge is 0.368 e. The number of aliphatic imine (C=N–C) groups is 1. The van der Waals surface area contributed by atoms with E-state index < -0.39 is 0 Å². The van der Waals surface area contributed by atoms with E-state index in [2.05, 4.69) is 15.2 Å². The lowest BCUT2D eigenvalue weighted by molar-refractivity contribution is -0.142. The SMILES string of the molecule is CN=C(NCC(C)(C)c1ccccc1F)N1CCN(C(=O)C2CCCO2)CC1.I. The minimum atomic E-state index is -0.376. The molecule has 0 aliphatic carbocycles. The molecule has 1 amide bonds. The van der Waals surface area contributed by atoms with Gasteiger partial charge in [-0.1, -0.05) is 32.0 Å². The van der Waals surface area contributed by atoms with Gasteiger partial charge in [0.15, 0.2) is 5.96 Å². The van der Waals surface area contributed by atoms with Gasteiger partial charge in [-0.15, -0.1) is 24.0 Å². The Morgan fingerprint density at radius 2 is 1.90 bits per heavy atom. The predicted molar refractivity (Wildman–Crippen MR) is 123 cm³/mol. The summed E-state index contributed by atoms with van der Waals surface area (Å²) in [5.74, 6) is 0.708. The number of halogens is 2. The van der Waals surface area contributed by atoms with Crippen LogP contribution in [0.4, 0.5) is 4.39 Å². The number of hydrogen-bond donors (Lipinski definition) is 1. The third kappa shape index (κ3) is 5.81. The number of carbonyl (C=O) groups is 1. The Labute approximate surface area is 189 Å². The average molecular weight is 518 g/mol. The van der Waals surface area contributed by atoms with E-state index >= 15 is 0 Å². The summed E-state index contributed by atoms with van der Waals surface area (Å²) in [6, 6.07) is 6.89. The van der Waals surface area contributed by atoms with Crippen LogP contribution in [-0.4, -0.2) is 74.1 Å². The number of rotatable bonds is 4. The maximum atomic E-state index is 14.2. The first-order valence-corrected chi connectivity index (χ1v) is 10.0. The van der Waals surface area contributed by atoms with Crippen molar-refractivity contribution in [3.63, 3.8) is 0 Å². The molecule has 1 N–H and O–H groups in total. The van der Waals surface area contributed by atoms with E-state index in [-0.39, 0.29) is 47.2 Å². The lowest BCUT2D eigenvalue weighted by Crippen LogP contribution is -2.56. The van der Waals surface area contributed by atoms with E-state index in [0.717, 1.165) is 31.9 Å². The smallest absolute Gasteiger partial charge is 0.251 e. The molecule has 162 valence electrons. The molecule has 2 saturated heterocycles. The van der Waals surface area contributed by atoms with Crippen LogP contribution >= 0.6 is 24.0 Å². The third-order valence-corrected chi connectivity index (χ3v) is 5.60. The second-order valence-electron chi connectivity index (χ2n) is 8.08. The minimum absolute atomic E-state index is 0. The van der Waals surface area contributed by atoms with Gasteiger partial charge in [-0.05, 0) is 24.5 Å². The Hall–Kier alpha value is -1.42. The van der Waals surface area contributed by atoms with Gasteiger partial charge in [-0.25, -0.2) is 4.39 Å². The van der Waals surface area contributed by atoms with Crippen LogP contribution in [0.3, 0.4) is 0 Å². The molecule has 2 fully saturated rings. The van der Waals surface area contributed by atoms with E-state index in [9.17, 15) is 9.18 Å². The van der Waals surface area contributed by atoms with Gasteiger partial charge in [0.05, 0.1) is 0 Å². The molecule has 0 radical (unpaired) electrons. The summed E-state index contributed by atoms with van der Waals surface area (Å²) < 4.78 is 19.7. The van der Waals surface area contributed by atoms with Crippen molar-refractivity contribution in [1.82, 2.24) is 15.1 Å². The third-order valence-electron chi connectivity index (χ3n) is 5.60. The normalized spacial score (nSPS) is 20.4. The van der Waals surface area contributed by atoms with Crippen molar-refractivity contribution in [2.24, 2.45) is 4.99 Å². The van der Waals surface area contributed by atoms with Gasteiger partial charge in [-0.2, -0.15) is 0 Å². The van der Waals surface area contributed by atoms with Gasteiger partial charge >= 0.3 is 0 Å². The maximum absolute atomic E-state index is 14.2. The molecule has 0 bridgehead atoms. The van der Waals surface area contributed by atoms with Crippen LogP contribution in [0.2, 0.25) is 0 Å². The van der Waals surface area contributed by atoms with Crippen molar-refractivity contribution in [1.29, 1.82) is 0 Å². The number of hydrogen-bond acceptors (Lipinski definition) is 3. The Morgan fingerprint density at radius 1 is 1.24 bits per heavy atom. The van der Waals surface area contributed by atoms with Crippen LogP contribution in [-0.2, 0) is 14.9 Å². The van der Waals surface area contributed by atoms with Crippen molar-refractivity contribution in [2.45, 2.75) is 38.2 Å². The lowest BCUT2D eigenvalue weighted by Gasteiger charge is -2.38. The zero-order chi connectivity index (χ0) is 20.1. The number of guanidine groups is 1. The first kappa shape index (κ1) is 23.9. The van der Waals surface area contributed by atoms with E-state index in [1.807, 2.05) is 30.9 Å². The first-order valence-electron chi connectivity index (χ1n) is 10.0. The fourth-order valence-electron chi connectivity index (χ4n) is 3.85. The van der Waals surface area contributed by atoms with Gasteiger partial charge in [0.1, 0.15) is 11.9 Å².